The highest BCUT2D eigenvalue weighted by atomic mass is 32.2. The Kier molecular flexibility index (Phi) is 5.08. The SMILES string of the molecule is Cc1ccc(NC(=O)CSc2ccc3nnc(-c4ccc(C)cc4)n3n2)cc1. The summed E-state index contributed by atoms with van der Waals surface area (Å²) in [6.45, 7) is 4.06. The second-order valence-corrected chi connectivity index (χ2v) is 7.53. The number of aryl methyl sites for hydroxylation is 2. The molecule has 0 aliphatic carbocycles. The standard InChI is InChI=1S/C21H19N5OS/c1-14-3-7-16(8-4-14)21-24-23-18-11-12-20(25-26(18)21)28-13-19(27)22-17-9-5-15(2)6-10-17/h3-12H,13H2,1-2H3,(H,22,27). The topological polar surface area (TPSA) is 72.2 Å². The number of nitrogens with zero attached hydrogens (tertiary/aromatic N) is 4. The number of amides is 1. The number of carbonyl (C=O) groups is 1. The number of thioether (sulfide) groups is 1. The second-order valence-electron chi connectivity index (χ2n) is 6.53. The Hall–Kier alpha value is -3.19. The molecule has 0 atom stereocenters. The molecule has 6 nitrogen and oxygen atoms in total. The van der Waals surface area contributed by atoms with Crippen LogP contribution in [-0.4, -0.2) is 31.5 Å². The molecule has 0 bridgehead atoms. The van der Waals surface area contributed by atoms with Gasteiger partial charge in [0, 0.05) is 11.3 Å². The van der Waals surface area contributed by atoms with Gasteiger partial charge in [-0.05, 0) is 38.1 Å². The van der Waals surface area contributed by atoms with Gasteiger partial charge in [-0.15, -0.1) is 10.2 Å². The van der Waals surface area contributed by atoms with E-state index < -0.39 is 0 Å². The van der Waals surface area contributed by atoms with Crippen LogP contribution in [0.4, 0.5) is 5.69 Å². The summed E-state index contributed by atoms with van der Waals surface area (Å²) in [7, 11) is 0. The molecule has 2 aromatic heterocycles. The minimum Gasteiger partial charge on any atom is -0.325 e. The molecule has 28 heavy (non-hydrogen) atoms. The number of hydrogen-bond acceptors (Lipinski definition) is 5. The predicted octanol–water partition coefficient (Wildman–Crippen LogP) is 4.14. The summed E-state index contributed by atoms with van der Waals surface area (Å²) in [5, 5.41) is 16.7. The zero-order chi connectivity index (χ0) is 19.5. The van der Waals surface area contributed by atoms with Crippen LogP contribution in [0, 0.1) is 13.8 Å². The summed E-state index contributed by atoms with van der Waals surface area (Å²) in [5.41, 5.74) is 4.75. The van der Waals surface area contributed by atoms with Gasteiger partial charge in [-0.25, -0.2) is 0 Å². The normalized spacial score (nSPS) is 10.9. The van der Waals surface area contributed by atoms with E-state index in [0.29, 0.717) is 11.5 Å². The van der Waals surface area contributed by atoms with Crippen molar-refractivity contribution in [3.63, 3.8) is 0 Å². The van der Waals surface area contributed by atoms with Crippen molar-refractivity contribution in [3.8, 4) is 11.4 Å². The van der Waals surface area contributed by atoms with Crippen LogP contribution < -0.4 is 5.32 Å². The third-order valence-electron chi connectivity index (χ3n) is 4.23. The van der Waals surface area contributed by atoms with Gasteiger partial charge in [-0.2, -0.15) is 9.61 Å². The largest absolute Gasteiger partial charge is 0.325 e. The Morgan fingerprint density at radius 3 is 2.32 bits per heavy atom. The van der Waals surface area contributed by atoms with Gasteiger partial charge in [0.25, 0.3) is 0 Å². The Balaban J connectivity index is 1.48. The molecular weight excluding hydrogens is 370 g/mol. The summed E-state index contributed by atoms with van der Waals surface area (Å²) >= 11 is 1.38. The van der Waals surface area contributed by atoms with E-state index in [9.17, 15) is 4.79 Å². The molecule has 1 N–H and O–H groups in total. The van der Waals surface area contributed by atoms with Gasteiger partial charge in [0.2, 0.25) is 5.91 Å². The van der Waals surface area contributed by atoms with E-state index in [-0.39, 0.29) is 11.7 Å². The zero-order valence-electron chi connectivity index (χ0n) is 15.6. The molecule has 0 aliphatic rings. The highest BCUT2D eigenvalue weighted by Gasteiger charge is 2.11. The van der Waals surface area contributed by atoms with E-state index in [1.54, 1.807) is 4.52 Å². The Labute approximate surface area is 167 Å². The molecule has 0 fully saturated rings. The van der Waals surface area contributed by atoms with Gasteiger partial charge in [0.1, 0.15) is 5.03 Å². The maximum absolute atomic E-state index is 12.2. The molecular formula is C21H19N5OS. The van der Waals surface area contributed by atoms with Crippen molar-refractivity contribution < 1.29 is 4.79 Å². The monoisotopic (exact) mass is 389 g/mol. The maximum atomic E-state index is 12.2. The van der Waals surface area contributed by atoms with Crippen molar-refractivity contribution in [2.45, 2.75) is 18.9 Å². The van der Waals surface area contributed by atoms with Gasteiger partial charge in [-0.1, -0.05) is 59.3 Å². The van der Waals surface area contributed by atoms with Gasteiger partial charge < -0.3 is 5.32 Å². The molecule has 0 saturated heterocycles. The first kappa shape index (κ1) is 18.2. The van der Waals surface area contributed by atoms with Gasteiger partial charge in [-0.3, -0.25) is 4.79 Å². The zero-order valence-corrected chi connectivity index (χ0v) is 16.4. The number of rotatable bonds is 5. The molecule has 7 heteroatoms. The molecule has 4 aromatic rings. The molecule has 2 aromatic carbocycles. The molecule has 0 aliphatic heterocycles. The van der Waals surface area contributed by atoms with Crippen molar-refractivity contribution >= 4 is 29.0 Å². The first-order chi connectivity index (χ1) is 13.6. The first-order valence-corrected chi connectivity index (χ1v) is 9.86. The van der Waals surface area contributed by atoms with Crippen molar-refractivity contribution in [2.75, 3.05) is 11.1 Å². The lowest BCUT2D eigenvalue weighted by Crippen LogP contribution is -2.14. The fourth-order valence-corrected chi connectivity index (χ4v) is 3.36. The van der Waals surface area contributed by atoms with E-state index in [4.69, 9.17) is 0 Å². The number of nitrogens with one attached hydrogen (secondary N) is 1. The highest BCUT2D eigenvalue weighted by molar-refractivity contribution is 7.99. The summed E-state index contributed by atoms with van der Waals surface area (Å²) in [5.74, 6) is 0.883. The number of hydrogen-bond donors (Lipinski definition) is 1. The van der Waals surface area contributed by atoms with Crippen LogP contribution in [0.3, 0.4) is 0 Å². The number of anilines is 1. The summed E-state index contributed by atoms with van der Waals surface area (Å²) in [6.07, 6.45) is 0. The van der Waals surface area contributed by atoms with Crippen LogP contribution in [0.1, 0.15) is 11.1 Å². The molecule has 140 valence electrons. The van der Waals surface area contributed by atoms with Gasteiger partial charge in [0.05, 0.1) is 5.75 Å². The van der Waals surface area contributed by atoms with Crippen molar-refractivity contribution in [1.29, 1.82) is 0 Å². The summed E-state index contributed by atoms with van der Waals surface area (Å²) in [6, 6.07) is 19.5. The number of carbonyl (C=O) groups excluding carboxylic acids is 1. The van der Waals surface area contributed by atoms with E-state index in [1.807, 2.05) is 74.5 Å². The quantitative estimate of drug-likeness (QED) is 0.520. The van der Waals surface area contributed by atoms with Crippen molar-refractivity contribution in [3.05, 3.63) is 71.8 Å². The molecule has 2 heterocycles. The average Bonchev–Trinajstić information content (AvgIpc) is 3.12. The second kappa shape index (κ2) is 7.82. The summed E-state index contributed by atoms with van der Waals surface area (Å²) < 4.78 is 1.71. The lowest BCUT2D eigenvalue weighted by molar-refractivity contribution is -0.113. The van der Waals surface area contributed by atoms with Crippen LogP contribution in [0.2, 0.25) is 0 Å². The van der Waals surface area contributed by atoms with Crippen LogP contribution in [0.5, 0.6) is 0 Å². The Morgan fingerprint density at radius 2 is 1.61 bits per heavy atom. The number of aromatic nitrogens is 4. The molecule has 4 rings (SSSR count). The van der Waals surface area contributed by atoms with E-state index in [0.717, 1.165) is 21.8 Å². The fraction of sp³-hybridized carbons (Fsp3) is 0.143. The third kappa shape index (κ3) is 4.04. The molecule has 0 unspecified atom stereocenters. The van der Waals surface area contributed by atoms with Crippen LogP contribution in [0.25, 0.3) is 17.0 Å². The predicted molar refractivity (Wildman–Crippen MR) is 111 cm³/mol. The highest BCUT2D eigenvalue weighted by Crippen LogP contribution is 2.21. The van der Waals surface area contributed by atoms with Crippen LogP contribution >= 0.6 is 11.8 Å². The molecule has 0 radical (unpaired) electrons. The average molecular weight is 389 g/mol. The molecule has 0 saturated carbocycles. The molecule has 0 spiro atoms. The first-order valence-electron chi connectivity index (χ1n) is 8.87. The van der Waals surface area contributed by atoms with Crippen LogP contribution in [0.15, 0.2) is 65.7 Å². The minimum atomic E-state index is -0.0711. The van der Waals surface area contributed by atoms with E-state index >= 15 is 0 Å². The smallest absolute Gasteiger partial charge is 0.234 e. The lowest BCUT2D eigenvalue weighted by atomic mass is 10.1. The maximum Gasteiger partial charge on any atom is 0.234 e. The van der Waals surface area contributed by atoms with Gasteiger partial charge in [0.15, 0.2) is 11.5 Å². The Morgan fingerprint density at radius 1 is 0.929 bits per heavy atom. The minimum absolute atomic E-state index is 0.0711. The van der Waals surface area contributed by atoms with Gasteiger partial charge >= 0.3 is 0 Å². The van der Waals surface area contributed by atoms with Crippen LogP contribution in [-0.2, 0) is 4.79 Å². The summed E-state index contributed by atoms with van der Waals surface area (Å²) in [4.78, 5) is 12.2. The van der Waals surface area contributed by atoms with E-state index in [1.165, 1.54) is 17.3 Å². The third-order valence-corrected chi connectivity index (χ3v) is 5.15. The lowest BCUT2D eigenvalue weighted by Gasteiger charge is -2.06. The fourth-order valence-electron chi connectivity index (χ4n) is 2.71. The Bertz CT molecular complexity index is 1120. The number of benzene rings is 2. The number of fused-ring (bicyclic) bond motifs is 1. The van der Waals surface area contributed by atoms with Crippen molar-refractivity contribution in [1.82, 2.24) is 19.8 Å². The van der Waals surface area contributed by atoms with Crippen molar-refractivity contribution in [2.24, 2.45) is 0 Å². The molecule has 1 amide bonds. The van der Waals surface area contributed by atoms with E-state index in [2.05, 4.69) is 20.6 Å².